The number of aromatic nitrogens is 1. The lowest BCUT2D eigenvalue weighted by Crippen LogP contribution is -1.99. The molecule has 0 atom stereocenters. The number of nitrogen functional groups attached to an aromatic ring is 1. The zero-order chi connectivity index (χ0) is 8.43. The molecule has 0 aliphatic rings. The van der Waals surface area contributed by atoms with E-state index in [0.29, 0.717) is 0 Å². The van der Waals surface area contributed by atoms with Crippen molar-refractivity contribution in [3.8, 4) is 0 Å². The minimum absolute atomic E-state index is 0.269. The number of halogens is 1. The van der Waals surface area contributed by atoms with Gasteiger partial charge in [0.05, 0.1) is 17.3 Å². The van der Waals surface area contributed by atoms with Crippen LogP contribution >= 0.6 is 0 Å². The van der Waals surface area contributed by atoms with Crippen molar-refractivity contribution in [1.82, 2.24) is 4.98 Å². The summed E-state index contributed by atoms with van der Waals surface area (Å²) in [5.41, 5.74) is 4.09. The van der Waals surface area contributed by atoms with Gasteiger partial charge in [-0.25, -0.2) is 0 Å². The van der Waals surface area contributed by atoms with E-state index in [1.807, 2.05) is 0 Å². The first-order chi connectivity index (χ1) is 5.13. The monoisotopic (exact) mass is 157 g/mol. The number of nitrogens with zero attached hydrogens (tertiary/aromatic N) is 2. The maximum atomic E-state index is 12.5. The number of pyridine rings is 1. The van der Waals surface area contributed by atoms with Gasteiger partial charge < -0.3 is 5.73 Å². The Hall–Kier alpha value is -1.72. The van der Waals surface area contributed by atoms with Gasteiger partial charge in [-0.15, -0.1) is 0 Å². The number of hydrogen-bond donors (Lipinski definition) is 1. The molecule has 0 saturated heterocycles. The molecule has 0 aliphatic carbocycles. The first-order valence-electron chi connectivity index (χ1n) is 2.66. The summed E-state index contributed by atoms with van der Waals surface area (Å²) < 4.78 is 12.5. The molecule has 0 unspecified atom stereocenters. The van der Waals surface area contributed by atoms with Gasteiger partial charge in [-0.3, -0.25) is 15.1 Å². The van der Waals surface area contributed by atoms with E-state index in [2.05, 4.69) is 4.98 Å². The van der Waals surface area contributed by atoms with Gasteiger partial charge in [0.25, 0.3) is 0 Å². The minimum Gasteiger partial charge on any atom is -0.392 e. The van der Waals surface area contributed by atoms with Gasteiger partial charge in [0.15, 0.2) is 0 Å². The molecule has 1 rings (SSSR count). The molecule has 2 N–H and O–H groups in total. The highest BCUT2D eigenvalue weighted by atomic mass is 19.1. The van der Waals surface area contributed by atoms with Crippen molar-refractivity contribution in [3.63, 3.8) is 0 Å². The summed E-state index contributed by atoms with van der Waals surface area (Å²) in [7, 11) is 0. The largest absolute Gasteiger partial charge is 0.392 e. The smallest absolute Gasteiger partial charge is 0.330 e. The summed E-state index contributed by atoms with van der Waals surface area (Å²) in [6.07, 6.45) is 1.77. The predicted molar refractivity (Wildman–Crippen MR) is 35.3 cm³/mol. The molecule has 0 aromatic carbocycles. The highest BCUT2D eigenvalue weighted by Gasteiger charge is 2.17. The molecule has 0 bridgehead atoms. The Morgan fingerprint density at radius 1 is 1.64 bits per heavy atom. The Morgan fingerprint density at radius 3 is 2.64 bits per heavy atom. The highest BCUT2D eigenvalue weighted by molar-refractivity contribution is 5.56. The van der Waals surface area contributed by atoms with E-state index in [1.165, 1.54) is 0 Å². The molecule has 0 amide bonds. The predicted octanol–water partition coefficient (Wildman–Crippen LogP) is 0.711. The molecule has 0 saturated carbocycles. The molecule has 58 valence electrons. The van der Waals surface area contributed by atoms with E-state index in [9.17, 15) is 14.5 Å². The molecular formula is C5H4FN3O2. The Balaban J connectivity index is 3.32. The Kier molecular flexibility index (Phi) is 1.67. The molecule has 11 heavy (non-hydrogen) atoms. The third-order valence-corrected chi connectivity index (χ3v) is 1.08. The van der Waals surface area contributed by atoms with Crippen LogP contribution in [-0.2, 0) is 0 Å². The average Bonchev–Trinajstić information content (AvgIpc) is 1.85. The van der Waals surface area contributed by atoms with Gasteiger partial charge in [-0.2, -0.15) is 4.39 Å². The van der Waals surface area contributed by atoms with E-state index in [1.54, 1.807) is 0 Å². The van der Waals surface area contributed by atoms with Crippen LogP contribution in [0, 0.1) is 15.9 Å². The van der Waals surface area contributed by atoms with Crippen molar-refractivity contribution in [3.05, 3.63) is 28.3 Å². The maximum Gasteiger partial charge on any atom is 0.330 e. The van der Waals surface area contributed by atoms with Crippen molar-refractivity contribution in [2.45, 2.75) is 0 Å². The zero-order valence-corrected chi connectivity index (χ0v) is 5.32. The lowest BCUT2D eigenvalue weighted by molar-refractivity contribution is -0.386. The molecule has 0 fully saturated rings. The summed E-state index contributed by atoms with van der Waals surface area (Å²) >= 11 is 0. The number of hydrogen-bond acceptors (Lipinski definition) is 4. The first-order valence-corrected chi connectivity index (χ1v) is 2.66. The highest BCUT2D eigenvalue weighted by Crippen LogP contribution is 2.22. The van der Waals surface area contributed by atoms with Crippen molar-refractivity contribution in [2.75, 3.05) is 5.73 Å². The SMILES string of the molecule is Nc1cncc(F)c1[N+](=O)[O-]. The molecule has 5 nitrogen and oxygen atoms in total. The van der Waals surface area contributed by atoms with Crippen LogP contribution in [0.3, 0.4) is 0 Å². The standard InChI is InChI=1S/C5H4FN3O2/c6-3-1-8-2-4(7)5(3)9(10)11/h1-2H,7H2. The van der Waals surface area contributed by atoms with Gasteiger partial charge in [0.1, 0.15) is 5.69 Å². The maximum absolute atomic E-state index is 12.5. The molecule has 1 aromatic rings. The Bertz CT molecular complexity index is 282. The fourth-order valence-corrected chi connectivity index (χ4v) is 0.636. The van der Waals surface area contributed by atoms with E-state index >= 15 is 0 Å². The van der Waals surface area contributed by atoms with E-state index in [0.717, 1.165) is 12.4 Å². The van der Waals surface area contributed by atoms with Crippen molar-refractivity contribution < 1.29 is 9.31 Å². The van der Waals surface area contributed by atoms with Crippen LogP contribution in [0.5, 0.6) is 0 Å². The van der Waals surface area contributed by atoms with E-state index in [4.69, 9.17) is 5.73 Å². The lowest BCUT2D eigenvalue weighted by atomic mass is 10.3. The summed E-state index contributed by atoms with van der Waals surface area (Å²) in [6.45, 7) is 0. The van der Waals surface area contributed by atoms with Gasteiger partial charge in [0.2, 0.25) is 5.82 Å². The van der Waals surface area contributed by atoms with Gasteiger partial charge >= 0.3 is 5.69 Å². The third kappa shape index (κ3) is 1.23. The number of rotatable bonds is 1. The molecule has 0 spiro atoms. The fraction of sp³-hybridized carbons (Fsp3) is 0. The van der Waals surface area contributed by atoms with Crippen LogP contribution in [0.25, 0.3) is 0 Å². The van der Waals surface area contributed by atoms with Gasteiger partial charge in [0, 0.05) is 0 Å². The first kappa shape index (κ1) is 7.39. The van der Waals surface area contributed by atoms with Crippen LogP contribution in [0.4, 0.5) is 15.8 Å². The summed E-state index contributed by atoms with van der Waals surface area (Å²) in [6, 6.07) is 0. The topological polar surface area (TPSA) is 82.0 Å². The second kappa shape index (κ2) is 2.49. The third-order valence-electron chi connectivity index (χ3n) is 1.08. The Morgan fingerprint density at radius 2 is 2.27 bits per heavy atom. The molecule has 1 heterocycles. The summed E-state index contributed by atoms with van der Waals surface area (Å²) in [4.78, 5) is 12.5. The van der Waals surface area contributed by atoms with Crippen LogP contribution in [0.1, 0.15) is 0 Å². The summed E-state index contributed by atoms with van der Waals surface area (Å²) in [5.74, 6) is -1.02. The molecule has 0 aliphatic heterocycles. The second-order valence-corrected chi connectivity index (χ2v) is 1.82. The number of anilines is 1. The van der Waals surface area contributed by atoms with Crippen molar-refractivity contribution >= 4 is 11.4 Å². The van der Waals surface area contributed by atoms with Crippen LogP contribution in [0.15, 0.2) is 12.4 Å². The zero-order valence-electron chi connectivity index (χ0n) is 5.32. The lowest BCUT2D eigenvalue weighted by Gasteiger charge is -1.94. The quantitative estimate of drug-likeness (QED) is 0.480. The second-order valence-electron chi connectivity index (χ2n) is 1.82. The fourth-order valence-electron chi connectivity index (χ4n) is 0.636. The molecule has 6 heteroatoms. The van der Waals surface area contributed by atoms with E-state index in [-0.39, 0.29) is 5.69 Å². The van der Waals surface area contributed by atoms with Crippen LogP contribution in [0.2, 0.25) is 0 Å². The van der Waals surface area contributed by atoms with E-state index < -0.39 is 16.4 Å². The number of nitrogens with two attached hydrogens (primary N) is 1. The number of nitro groups is 1. The Labute approximate surface area is 60.8 Å². The van der Waals surface area contributed by atoms with Crippen molar-refractivity contribution in [1.29, 1.82) is 0 Å². The molecule has 0 radical (unpaired) electrons. The van der Waals surface area contributed by atoms with Crippen LogP contribution < -0.4 is 5.73 Å². The summed E-state index contributed by atoms with van der Waals surface area (Å²) in [5, 5.41) is 10.1. The molecule has 1 aromatic heterocycles. The van der Waals surface area contributed by atoms with Crippen molar-refractivity contribution in [2.24, 2.45) is 0 Å². The average molecular weight is 157 g/mol. The minimum atomic E-state index is -1.02. The molecular weight excluding hydrogens is 153 g/mol. The normalized spacial score (nSPS) is 9.55. The van der Waals surface area contributed by atoms with Crippen LogP contribution in [-0.4, -0.2) is 9.91 Å². The van der Waals surface area contributed by atoms with Gasteiger partial charge in [-0.05, 0) is 0 Å². The van der Waals surface area contributed by atoms with Gasteiger partial charge in [-0.1, -0.05) is 0 Å².